The molecule has 1 saturated carbocycles. The Hall–Kier alpha value is -2.78. The largest absolute Gasteiger partial charge is 0.515 e. The number of hydrogen-bond acceptors (Lipinski definition) is 7. The highest BCUT2D eigenvalue weighted by Gasteiger charge is 2.26. The third kappa shape index (κ3) is 6.39. The number of nitrogens with one attached hydrogen (secondary N) is 2. The number of carbonyl (C=O) groups is 1. The second kappa shape index (κ2) is 11.9. The van der Waals surface area contributed by atoms with Crippen LogP contribution < -0.4 is 10.5 Å². The molecule has 4 rings (SSSR count). The van der Waals surface area contributed by atoms with Gasteiger partial charge in [-0.1, -0.05) is 32.1 Å². The Morgan fingerprint density at radius 2 is 1.97 bits per heavy atom. The molecule has 1 saturated heterocycles. The molecule has 1 aliphatic heterocycles. The second-order valence-electron chi connectivity index (χ2n) is 8.63. The third-order valence-corrected chi connectivity index (χ3v) is 6.15. The minimum absolute atomic E-state index is 0.0185. The van der Waals surface area contributed by atoms with E-state index < -0.39 is 5.82 Å². The number of fused-ring (bicyclic) bond motifs is 1. The summed E-state index contributed by atoms with van der Waals surface area (Å²) in [4.78, 5) is 17.5. The van der Waals surface area contributed by atoms with E-state index in [1.54, 1.807) is 6.07 Å². The number of ether oxygens (including phenoxy) is 2. The summed E-state index contributed by atoms with van der Waals surface area (Å²) in [5.74, 6) is 0.908. The van der Waals surface area contributed by atoms with Gasteiger partial charge in [-0.05, 0) is 37.8 Å². The lowest BCUT2D eigenvalue weighted by Crippen LogP contribution is -2.38. The van der Waals surface area contributed by atoms with Crippen molar-refractivity contribution in [2.75, 3.05) is 13.2 Å². The molecule has 0 spiro atoms. The average Bonchev–Trinajstić information content (AvgIpc) is 3.18. The van der Waals surface area contributed by atoms with Crippen molar-refractivity contribution in [1.82, 2.24) is 9.97 Å². The number of benzene rings is 1. The lowest BCUT2D eigenvalue weighted by molar-refractivity contribution is -0.104. The molecular formula is C24H33FN4O4. The zero-order valence-corrected chi connectivity index (χ0v) is 19.0. The number of aromatic nitrogens is 2. The average molecular weight is 461 g/mol. The van der Waals surface area contributed by atoms with E-state index in [9.17, 15) is 9.18 Å². The monoisotopic (exact) mass is 460 g/mol. The van der Waals surface area contributed by atoms with Crippen LogP contribution in [0.5, 0.6) is 5.75 Å². The van der Waals surface area contributed by atoms with E-state index in [0.717, 1.165) is 12.8 Å². The molecule has 1 unspecified atom stereocenters. The molecule has 2 heterocycles. The van der Waals surface area contributed by atoms with E-state index in [2.05, 4.69) is 9.97 Å². The fraction of sp³-hybridized carbons (Fsp3) is 0.542. The first-order valence-electron chi connectivity index (χ1n) is 11.5. The highest BCUT2D eigenvalue weighted by atomic mass is 19.1. The summed E-state index contributed by atoms with van der Waals surface area (Å²) in [5, 5.41) is 15.0. The molecule has 1 aromatic heterocycles. The summed E-state index contributed by atoms with van der Waals surface area (Å²) < 4.78 is 25.4. The number of imidazole rings is 1. The fourth-order valence-corrected chi connectivity index (χ4v) is 4.04. The van der Waals surface area contributed by atoms with Crippen LogP contribution in [0, 0.1) is 17.1 Å². The zero-order valence-electron chi connectivity index (χ0n) is 19.0. The summed E-state index contributed by atoms with van der Waals surface area (Å²) in [6.45, 7) is 2.45. The van der Waals surface area contributed by atoms with E-state index in [0.29, 0.717) is 48.5 Å². The summed E-state index contributed by atoms with van der Waals surface area (Å²) in [6.07, 6.45) is 9.55. The van der Waals surface area contributed by atoms with Crippen molar-refractivity contribution in [3.63, 3.8) is 0 Å². The first kappa shape index (κ1) is 24.9. The molecular weight excluding hydrogens is 427 g/mol. The molecule has 0 bridgehead atoms. The molecule has 180 valence electrons. The molecule has 0 amide bonds. The van der Waals surface area contributed by atoms with Crippen LogP contribution >= 0.6 is 0 Å². The van der Waals surface area contributed by atoms with Gasteiger partial charge in [0.25, 0.3) is 0 Å². The molecule has 8 nitrogen and oxygen atoms in total. The van der Waals surface area contributed by atoms with Gasteiger partial charge in [-0.2, -0.15) is 0 Å². The number of rotatable bonds is 6. The smallest absolute Gasteiger partial charge is 0.192 e. The van der Waals surface area contributed by atoms with Crippen LogP contribution in [-0.2, 0) is 9.53 Å². The molecule has 1 aliphatic carbocycles. The Balaban J connectivity index is 0.000000331. The first-order chi connectivity index (χ1) is 15.9. The van der Waals surface area contributed by atoms with Crippen molar-refractivity contribution in [3.8, 4) is 5.75 Å². The van der Waals surface area contributed by atoms with Crippen molar-refractivity contribution in [1.29, 1.82) is 5.41 Å². The van der Waals surface area contributed by atoms with Gasteiger partial charge in [0.2, 0.25) is 0 Å². The van der Waals surface area contributed by atoms with Crippen molar-refractivity contribution >= 4 is 23.0 Å². The number of allylic oxidation sites excluding steroid dienone is 1. The Morgan fingerprint density at radius 3 is 2.48 bits per heavy atom. The van der Waals surface area contributed by atoms with Gasteiger partial charge in [0.05, 0.1) is 36.6 Å². The maximum Gasteiger partial charge on any atom is 0.192 e. The third-order valence-electron chi connectivity index (χ3n) is 6.15. The van der Waals surface area contributed by atoms with Crippen LogP contribution in [0.15, 0.2) is 24.0 Å². The number of aromatic amines is 1. The number of nitrogens with two attached hydrogens (primary N) is 1. The SMILES string of the molecule is CC(=N)/C(C=O)=C\O.NC(c1nc2c(F)c(OC3COC3)ccc2[nH]1)C1CCCCCCC1. The van der Waals surface area contributed by atoms with E-state index in [4.69, 9.17) is 25.7 Å². The summed E-state index contributed by atoms with van der Waals surface area (Å²) >= 11 is 0. The normalized spacial score (nSPS) is 18.9. The Bertz CT molecular complexity index is 978. The van der Waals surface area contributed by atoms with Crippen LogP contribution in [0.4, 0.5) is 4.39 Å². The second-order valence-corrected chi connectivity index (χ2v) is 8.63. The Morgan fingerprint density at radius 1 is 1.30 bits per heavy atom. The molecule has 1 aromatic carbocycles. The predicted octanol–water partition coefficient (Wildman–Crippen LogP) is 4.51. The van der Waals surface area contributed by atoms with Crippen LogP contribution in [0.2, 0.25) is 0 Å². The number of H-pyrrole nitrogens is 1. The maximum absolute atomic E-state index is 14.7. The van der Waals surface area contributed by atoms with E-state index >= 15 is 0 Å². The van der Waals surface area contributed by atoms with Crippen molar-refractivity contribution in [2.45, 2.75) is 64.0 Å². The first-order valence-corrected chi connectivity index (χ1v) is 11.5. The molecule has 33 heavy (non-hydrogen) atoms. The van der Waals surface area contributed by atoms with Gasteiger partial charge in [0, 0.05) is 5.71 Å². The highest BCUT2D eigenvalue weighted by molar-refractivity contribution is 6.11. The van der Waals surface area contributed by atoms with Crippen molar-refractivity contribution in [2.24, 2.45) is 11.7 Å². The Labute approximate surface area is 192 Å². The number of hydrogen-bond donors (Lipinski definition) is 4. The van der Waals surface area contributed by atoms with Crippen LogP contribution in [0.25, 0.3) is 11.0 Å². The summed E-state index contributed by atoms with van der Waals surface area (Å²) in [6, 6.07) is 3.29. The topological polar surface area (TPSA) is 134 Å². The molecule has 0 radical (unpaired) electrons. The van der Waals surface area contributed by atoms with E-state index in [-0.39, 0.29) is 29.2 Å². The minimum Gasteiger partial charge on any atom is -0.515 e. The highest BCUT2D eigenvalue weighted by Crippen LogP contribution is 2.33. The molecule has 1 atom stereocenters. The number of nitrogens with zero attached hydrogens (tertiary/aromatic N) is 1. The zero-order chi connectivity index (χ0) is 23.8. The van der Waals surface area contributed by atoms with Gasteiger partial charge in [0.1, 0.15) is 17.4 Å². The van der Waals surface area contributed by atoms with Gasteiger partial charge in [-0.25, -0.2) is 9.37 Å². The maximum atomic E-state index is 14.7. The van der Waals surface area contributed by atoms with Gasteiger partial charge in [-0.3, -0.25) is 4.79 Å². The lowest BCUT2D eigenvalue weighted by atomic mass is 9.86. The van der Waals surface area contributed by atoms with Crippen LogP contribution in [0.3, 0.4) is 0 Å². The van der Waals surface area contributed by atoms with Gasteiger partial charge < -0.3 is 30.7 Å². The lowest BCUT2D eigenvalue weighted by Gasteiger charge is -2.26. The van der Waals surface area contributed by atoms with E-state index in [1.165, 1.54) is 39.0 Å². The van der Waals surface area contributed by atoms with Crippen LogP contribution in [0.1, 0.15) is 63.7 Å². The van der Waals surface area contributed by atoms with Gasteiger partial charge in [0.15, 0.2) is 17.9 Å². The van der Waals surface area contributed by atoms with E-state index in [1.807, 2.05) is 6.07 Å². The van der Waals surface area contributed by atoms with Gasteiger partial charge >= 0.3 is 0 Å². The molecule has 2 aliphatic rings. The standard InChI is InChI=1S/C19H26FN3O2.C5H7NO2/c20-16-15(25-13-10-24-11-13)9-8-14-18(16)23-19(22-14)17(21)12-6-4-2-1-3-5-7-12;1-4(6)5(2-7)3-8/h8-9,12-13,17H,1-7,10-11,21H2,(H,22,23);2-3,6-7H,1H3/b;5-2-,6-4?. The molecule has 2 fully saturated rings. The quantitative estimate of drug-likeness (QED) is 0.217. The number of aliphatic hydroxyl groups is 1. The molecule has 9 heteroatoms. The molecule has 5 N–H and O–H groups in total. The summed E-state index contributed by atoms with van der Waals surface area (Å²) in [5.41, 5.74) is 7.57. The number of aldehydes is 1. The van der Waals surface area contributed by atoms with Crippen LogP contribution in [-0.4, -0.2) is 46.4 Å². The minimum atomic E-state index is -0.420. The molecule has 2 aromatic rings. The predicted molar refractivity (Wildman–Crippen MR) is 124 cm³/mol. The van der Waals surface area contributed by atoms with Crippen molar-refractivity contribution in [3.05, 3.63) is 35.6 Å². The fourth-order valence-electron chi connectivity index (χ4n) is 4.04. The number of aliphatic hydroxyl groups excluding tert-OH is 1. The Kier molecular flexibility index (Phi) is 8.96. The van der Waals surface area contributed by atoms with Gasteiger partial charge in [-0.15, -0.1) is 0 Å². The number of carbonyl (C=O) groups excluding carboxylic acids is 1. The number of halogens is 1. The van der Waals surface area contributed by atoms with Crippen molar-refractivity contribution < 1.29 is 23.8 Å². The summed E-state index contributed by atoms with van der Waals surface area (Å²) in [7, 11) is 0.